The normalized spacial score (nSPS) is 10.9. The maximum atomic E-state index is 6.41. The van der Waals surface area contributed by atoms with Gasteiger partial charge in [-0.25, -0.2) is 9.97 Å². The molecule has 4 nitrogen and oxygen atoms in total. The number of rotatable bonds is 3. The Balaban J connectivity index is 2.00. The van der Waals surface area contributed by atoms with Gasteiger partial charge in [0, 0.05) is 41.0 Å². The van der Waals surface area contributed by atoms with Crippen molar-refractivity contribution in [2.24, 2.45) is 0 Å². The third-order valence-electron chi connectivity index (χ3n) is 4.44. The number of nitrogens with zero attached hydrogens (tertiary/aromatic N) is 3. The molecule has 0 amide bonds. The summed E-state index contributed by atoms with van der Waals surface area (Å²) in [5, 5.41) is 4.89. The molecule has 5 heteroatoms. The van der Waals surface area contributed by atoms with E-state index >= 15 is 0 Å². The van der Waals surface area contributed by atoms with E-state index in [0.29, 0.717) is 5.82 Å². The van der Waals surface area contributed by atoms with E-state index in [0.717, 1.165) is 44.0 Å². The van der Waals surface area contributed by atoms with Crippen molar-refractivity contribution < 1.29 is 0 Å². The van der Waals surface area contributed by atoms with Crippen molar-refractivity contribution in [2.75, 3.05) is 12.4 Å². The monoisotopic (exact) mass is 360 g/mol. The van der Waals surface area contributed by atoms with Gasteiger partial charge in [0.2, 0.25) is 0 Å². The molecule has 128 valence electrons. The summed E-state index contributed by atoms with van der Waals surface area (Å²) in [6, 6.07) is 15.8. The fraction of sp³-hybridized carbons (Fsp3) is 0.0952. The molecule has 26 heavy (non-hydrogen) atoms. The van der Waals surface area contributed by atoms with Gasteiger partial charge in [0.05, 0.1) is 5.52 Å². The topological polar surface area (TPSA) is 50.7 Å². The van der Waals surface area contributed by atoms with Crippen LogP contribution in [0.2, 0.25) is 5.02 Å². The summed E-state index contributed by atoms with van der Waals surface area (Å²) in [5.74, 6) is 1.44. The molecule has 0 saturated carbocycles. The molecule has 0 unspecified atom stereocenters. The highest BCUT2D eigenvalue weighted by Crippen LogP contribution is 2.35. The molecule has 0 atom stereocenters. The van der Waals surface area contributed by atoms with Crippen molar-refractivity contribution in [1.29, 1.82) is 0 Å². The lowest BCUT2D eigenvalue weighted by Crippen LogP contribution is -2.01. The minimum absolute atomic E-state index is 0.648. The maximum Gasteiger partial charge on any atom is 0.163 e. The van der Waals surface area contributed by atoms with Gasteiger partial charge in [-0.05, 0) is 42.3 Å². The first kappa shape index (κ1) is 16.5. The Labute approximate surface area is 156 Å². The number of benzene rings is 2. The number of fused-ring (bicyclic) bond motifs is 1. The first-order chi connectivity index (χ1) is 12.7. The van der Waals surface area contributed by atoms with E-state index in [1.54, 1.807) is 12.4 Å². The number of anilines is 1. The van der Waals surface area contributed by atoms with Crippen LogP contribution < -0.4 is 5.32 Å². The van der Waals surface area contributed by atoms with E-state index in [2.05, 4.69) is 28.3 Å². The third-order valence-corrected chi connectivity index (χ3v) is 4.77. The molecule has 1 N–H and O–H groups in total. The summed E-state index contributed by atoms with van der Waals surface area (Å²) in [5.41, 5.74) is 4.93. The second kappa shape index (κ2) is 6.73. The summed E-state index contributed by atoms with van der Waals surface area (Å²) in [6.07, 6.45) is 3.51. The van der Waals surface area contributed by atoms with Crippen LogP contribution in [0, 0.1) is 6.92 Å². The van der Waals surface area contributed by atoms with Crippen LogP contribution in [0.15, 0.2) is 60.9 Å². The van der Waals surface area contributed by atoms with Crippen molar-refractivity contribution in [3.63, 3.8) is 0 Å². The maximum absolute atomic E-state index is 6.41. The average molecular weight is 361 g/mol. The van der Waals surface area contributed by atoms with Crippen molar-refractivity contribution >= 4 is 28.3 Å². The summed E-state index contributed by atoms with van der Waals surface area (Å²) < 4.78 is 0. The Kier molecular flexibility index (Phi) is 4.27. The van der Waals surface area contributed by atoms with Gasteiger partial charge in [-0.2, -0.15) is 0 Å². The molecule has 4 aromatic rings. The molecule has 2 heterocycles. The van der Waals surface area contributed by atoms with Gasteiger partial charge in [0.25, 0.3) is 0 Å². The lowest BCUT2D eigenvalue weighted by Gasteiger charge is -2.14. The lowest BCUT2D eigenvalue weighted by atomic mass is 9.97. The third kappa shape index (κ3) is 2.78. The van der Waals surface area contributed by atoms with Crippen LogP contribution in [0.4, 0.5) is 5.82 Å². The Morgan fingerprint density at radius 1 is 0.923 bits per heavy atom. The number of halogens is 1. The molecule has 2 aromatic carbocycles. The minimum Gasteiger partial charge on any atom is -0.373 e. The molecule has 0 bridgehead atoms. The van der Waals surface area contributed by atoms with Crippen LogP contribution in [-0.4, -0.2) is 22.0 Å². The van der Waals surface area contributed by atoms with Gasteiger partial charge < -0.3 is 5.32 Å². The van der Waals surface area contributed by atoms with Crippen LogP contribution in [-0.2, 0) is 0 Å². The standard InChI is InChI=1S/C21H17ClN4/c1-13-15(16-7-3-4-8-18(16)22)9-10-17-19(13)25-20(26-21(17)23-2)14-6-5-11-24-12-14/h3-12H,1-2H3,(H,23,25,26). The van der Waals surface area contributed by atoms with Crippen LogP contribution in [0.5, 0.6) is 0 Å². The molecular weight excluding hydrogens is 344 g/mol. The second-order valence-electron chi connectivity index (χ2n) is 6.00. The molecule has 0 radical (unpaired) electrons. The predicted molar refractivity (Wildman–Crippen MR) is 107 cm³/mol. The largest absolute Gasteiger partial charge is 0.373 e. The van der Waals surface area contributed by atoms with E-state index in [1.807, 2.05) is 49.5 Å². The van der Waals surface area contributed by atoms with Crippen molar-refractivity contribution in [3.8, 4) is 22.5 Å². The minimum atomic E-state index is 0.648. The first-order valence-electron chi connectivity index (χ1n) is 8.33. The summed E-state index contributed by atoms with van der Waals surface area (Å²) in [4.78, 5) is 13.7. The number of hydrogen-bond donors (Lipinski definition) is 1. The fourth-order valence-corrected chi connectivity index (χ4v) is 3.36. The molecule has 0 spiro atoms. The van der Waals surface area contributed by atoms with E-state index in [-0.39, 0.29) is 0 Å². The predicted octanol–water partition coefficient (Wildman–Crippen LogP) is 5.36. The lowest BCUT2D eigenvalue weighted by molar-refractivity contribution is 1.19. The average Bonchev–Trinajstić information content (AvgIpc) is 2.69. The zero-order chi connectivity index (χ0) is 18.1. The first-order valence-corrected chi connectivity index (χ1v) is 8.71. The Morgan fingerprint density at radius 3 is 2.50 bits per heavy atom. The summed E-state index contributed by atoms with van der Waals surface area (Å²) >= 11 is 6.41. The Morgan fingerprint density at radius 2 is 1.77 bits per heavy atom. The number of hydrogen-bond acceptors (Lipinski definition) is 4. The highest BCUT2D eigenvalue weighted by atomic mass is 35.5. The van der Waals surface area contributed by atoms with E-state index < -0.39 is 0 Å². The SMILES string of the molecule is CNc1nc(-c2cccnc2)nc2c(C)c(-c3ccccc3Cl)ccc12. The van der Waals surface area contributed by atoms with Gasteiger partial charge in [-0.1, -0.05) is 35.9 Å². The number of pyridine rings is 1. The fourth-order valence-electron chi connectivity index (χ4n) is 3.12. The molecule has 4 rings (SSSR count). The molecule has 2 aromatic heterocycles. The van der Waals surface area contributed by atoms with Crippen molar-refractivity contribution in [3.05, 3.63) is 71.5 Å². The van der Waals surface area contributed by atoms with Crippen molar-refractivity contribution in [2.45, 2.75) is 6.92 Å². The van der Waals surface area contributed by atoms with Crippen LogP contribution in [0.3, 0.4) is 0 Å². The smallest absolute Gasteiger partial charge is 0.163 e. The van der Waals surface area contributed by atoms with E-state index in [1.165, 1.54) is 0 Å². The highest BCUT2D eigenvalue weighted by Gasteiger charge is 2.14. The highest BCUT2D eigenvalue weighted by molar-refractivity contribution is 6.33. The van der Waals surface area contributed by atoms with Crippen LogP contribution in [0.25, 0.3) is 33.4 Å². The van der Waals surface area contributed by atoms with E-state index in [9.17, 15) is 0 Å². The van der Waals surface area contributed by atoms with Gasteiger partial charge in [0.1, 0.15) is 5.82 Å². The Bertz CT molecular complexity index is 1090. The van der Waals surface area contributed by atoms with Gasteiger partial charge in [-0.3, -0.25) is 4.98 Å². The summed E-state index contributed by atoms with van der Waals surface area (Å²) in [6.45, 7) is 2.07. The van der Waals surface area contributed by atoms with E-state index in [4.69, 9.17) is 16.6 Å². The molecule has 0 fully saturated rings. The Hall–Kier alpha value is -2.98. The van der Waals surface area contributed by atoms with Crippen LogP contribution in [0.1, 0.15) is 5.56 Å². The molecule has 0 aliphatic rings. The van der Waals surface area contributed by atoms with Gasteiger partial charge in [-0.15, -0.1) is 0 Å². The zero-order valence-electron chi connectivity index (χ0n) is 14.5. The summed E-state index contributed by atoms with van der Waals surface area (Å²) in [7, 11) is 1.87. The molecular formula is C21H17ClN4. The van der Waals surface area contributed by atoms with Crippen molar-refractivity contribution in [1.82, 2.24) is 15.0 Å². The second-order valence-corrected chi connectivity index (χ2v) is 6.41. The van der Waals surface area contributed by atoms with Gasteiger partial charge in [0.15, 0.2) is 5.82 Å². The molecule has 0 saturated heterocycles. The number of nitrogens with one attached hydrogen (secondary N) is 1. The van der Waals surface area contributed by atoms with Crippen LogP contribution >= 0.6 is 11.6 Å². The molecule has 0 aliphatic carbocycles. The van der Waals surface area contributed by atoms with Gasteiger partial charge >= 0.3 is 0 Å². The zero-order valence-corrected chi connectivity index (χ0v) is 15.2. The quantitative estimate of drug-likeness (QED) is 0.534. The molecule has 0 aliphatic heterocycles. The number of aromatic nitrogens is 3. The number of aryl methyl sites for hydroxylation is 1.